The van der Waals surface area contributed by atoms with Crippen LogP contribution >= 0.6 is 0 Å². The van der Waals surface area contributed by atoms with Crippen LogP contribution in [0.15, 0.2) is 25.3 Å². The summed E-state index contributed by atoms with van der Waals surface area (Å²) in [4.78, 5) is 0. The molecule has 62 valence electrons. The van der Waals surface area contributed by atoms with E-state index < -0.39 is 0 Å². The van der Waals surface area contributed by atoms with Gasteiger partial charge in [0.2, 0.25) is 0 Å². The lowest BCUT2D eigenvalue weighted by Crippen LogP contribution is -2.08. The van der Waals surface area contributed by atoms with Crippen LogP contribution in [0.25, 0.3) is 0 Å². The Hall–Kier alpha value is -0.560. The highest BCUT2D eigenvalue weighted by molar-refractivity contribution is 4.97. The Morgan fingerprint density at radius 1 is 1.27 bits per heavy atom. The average molecular weight is 152 g/mol. The Morgan fingerprint density at radius 3 is 2.36 bits per heavy atom. The van der Waals surface area contributed by atoms with Gasteiger partial charge in [0.1, 0.15) is 0 Å². The van der Waals surface area contributed by atoms with Crippen molar-refractivity contribution >= 4 is 0 Å². The molecule has 1 unspecified atom stereocenters. The van der Waals surface area contributed by atoms with E-state index in [0.717, 1.165) is 12.8 Å². The van der Waals surface area contributed by atoms with Gasteiger partial charge in [-0.25, -0.2) is 0 Å². The van der Waals surface area contributed by atoms with Crippen LogP contribution in [0.1, 0.15) is 12.8 Å². The molecular weight excluding hydrogens is 136 g/mol. The van der Waals surface area contributed by atoms with E-state index >= 15 is 0 Å². The lowest BCUT2D eigenvalue weighted by molar-refractivity contribution is 0.209. The molecule has 0 aromatic rings. The highest BCUT2D eigenvalue weighted by Gasteiger charge is 2.29. The summed E-state index contributed by atoms with van der Waals surface area (Å²) in [7, 11) is 0. The second kappa shape index (κ2) is 3.72. The van der Waals surface area contributed by atoms with Gasteiger partial charge in [0.05, 0.1) is 0 Å². The molecule has 0 spiro atoms. The Labute approximate surface area is 68.4 Å². The van der Waals surface area contributed by atoms with Crippen LogP contribution in [0.3, 0.4) is 0 Å². The third-order valence-electron chi connectivity index (χ3n) is 2.66. The van der Waals surface area contributed by atoms with Crippen molar-refractivity contribution in [3.63, 3.8) is 0 Å². The zero-order valence-electron chi connectivity index (χ0n) is 6.87. The molecule has 0 saturated heterocycles. The van der Waals surface area contributed by atoms with Crippen molar-refractivity contribution < 1.29 is 5.11 Å². The van der Waals surface area contributed by atoms with Gasteiger partial charge in [0.25, 0.3) is 0 Å². The molecule has 1 rings (SSSR count). The Bertz CT molecular complexity index is 151. The maximum absolute atomic E-state index is 9.00. The maximum atomic E-state index is 9.00. The number of rotatable bonds is 3. The zero-order chi connectivity index (χ0) is 8.27. The molecule has 1 aliphatic carbocycles. The van der Waals surface area contributed by atoms with E-state index in [9.17, 15) is 0 Å². The minimum absolute atomic E-state index is 0.293. The fourth-order valence-corrected chi connectivity index (χ4v) is 1.89. The first-order valence-corrected chi connectivity index (χ1v) is 4.17. The lowest BCUT2D eigenvalue weighted by Gasteiger charge is -2.10. The molecule has 0 aromatic carbocycles. The summed E-state index contributed by atoms with van der Waals surface area (Å²) < 4.78 is 0. The molecule has 11 heavy (non-hydrogen) atoms. The summed E-state index contributed by atoms with van der Waals surface area (Å²) >= 11 is 0. The summed E-state index contributed by atoms with van der Waals surface area (Å²) in [5, 5.41) is 9.00. The summed E-state index contributed by atoms with van der Waals surface area (Å²) in [6.45, 7) is 7.82. The molecule has 1 nitrogen and oxygen atoms in total. The Balaban J connectivity index is 2.53. The summed E-state index contributed by atoms with van der Waals surface area (Å²) in [6, 6.07) is 0. The van der Waals surface area contributed by atoms with Crippen molar-refractivity contribution in [2.75, 3.05) is 6.61 Å². The molecule has 0 heterocycles. The summed E-state index contributed by atoms with van der Waals surface area (Å²) in [5.41, 5.74) is 0. The second-order valence-corrected chi connectivity index (χ2v) is 3.31. The highest BCUT2D eigenvalue weighted by Crippen LogP contribution is 2.37. The van der Waals surface area contributed by atoms with E-state index in [1.165, 1.54) is 0 Å². The number of allylic oxidation sites excluding steroid dienone is 2. The quantitative estimate of drug-likeness (QED) is 0.613. The first-order chi connectivity index (χ1) is 5.31. The molecule has 0 aliphatic heterocycles. The summed E-state index contributed by atoms with van der Waals surface area (Å²) in [6.07, 6.45) is 6.16. The second-order valence-electron chi connectivity index (χ2n) is 3.31. The molecular formula is C10H16O. The van der Waals surface area contributed by atoms with Crippen LogP contribution in [0, 0.1) is 17.8 Å². The monoisotopic (exact) mass is 152 g/mol. The summed E-state index contributed by atoms with van der Waals surface area (Å²) in [5.74, 6) is 1.52. The van der Waals surface area contributed by atoms with Gasteiger partial charge in [-0.15, -0.1) is 13.2 Å². The standard InChI is InChI=1S/C10H16O/c1-3-8-5-9(4-2)10(6-8)7-11/h3-4,8-11H,1-2,5-7H2/t8-,9+,10?/m0/s1. The molecule has 0 amide bonds. The third-order valence-corrected chi connectivity index (χ3v) is 2.66. The van der Waals surface area contributed by atoms with E-state index in [2.05, 4.69) is 13.2 Å². The number of aliphatic hydroxyl groups excluding tert-OH is 1. The van der Waals surface area contributed by atoms with Crippen molar-refractivity contribution in [3.05, 3.63) is 25.3 Å². The SMILES string of the molecule is C=C[C@@H]1CC(CO)[C@H](C=C)C1. The van der Waals surface area contributed by atoms with Crippen molar-refractivity contribution in [2.24, 2.45) is 17.8 Å². The molecule has 0 radical (unpaired) electrons. The van der Waals surface area contributed by atoms with Gasteiger partial charge in [-0.2, -0.15) is 0 Å². The van der Waals surface area contributed by atoms with Gasteiger partial charge in [-0.1, -0.05) is 12.2 Å². The minimum Gasteiger partial charge on any atom is -0.396 e. The molecule has 0 bridgehead atoms. The van der Waals surface area contributed by atoms with E-state index in [0.29, 0.717) is 24.4 Å². The fourth-order valence-electron chi connectivity index (χ4n) is 1.89. The first kappa shape index (κ1) is 8.54. The third kappa shape index (κ3) is 1.72. The van der Waals surface area contributed by atoms with Gasteiger partial charge in [0.15, 0.2) is 0 Å². The largest absolute Gasteiger partial charge is 0.396 e. The van der Waals surface area contributed by atoms with Gasteiger partial charge in [0, 0.05) is 6.61 Å². The lowest BCUT2D eigenvalue weighted by atomic mass is 9.97. The van der Waals surface area contributed by atoms with E-state index in [1.54, 1.807) is 0 Å². The van der Waals surface area contributed by atoms with Crippen LogP contribution in [-0.4, -0.2) is 11.7 Å². The van der Waals surface area contributed by atoms with Gasteiger partial charge in [-0.05, 0) is 30.6 Å². The molecule has 1 fully saturated rings. The van der Waals surface area contributed by atoms with Crippen LogP contribution in [0.2, 0.25) is 0 Å². The van der Waals surface area contributed by atoms with E-state index in [1.807, 2.05) is 12.2 Å². The molecule has 1 saturated carbocycles. The normalized spacial score (nSPS) is 37.0. The molecule has 0 aromatic heterocycles. The van der Waals surface area contributed by atoms with Crippen molar-refractivity contribution in [3.8, 4) is 0 Å². The predicted molar refractivity (Wildman–Crippen MR) is 47.2 cm³/mol. The number of hydrogen-bond acceptors (Lipinski definition) is 1. The van der Waals surface area contributed by atoms with Crippen molar-refractivity contribution in [1.82, 2.24) is 0 Å². The zero-order valence-corrected chi connectivity index (χ0v) is 6.87. The maximum Gasteiger partial charge on any atom is 0.0465 e. The van der Waals surface area contributed by atoms with Crippen LogP contribution in [0.4, 0.5) is 0 Å². The minimum atomic E-state index is 0.293. The smallest absolute Gasteiger partial charge is 0.0465 e. The Kier molecular flexibility index (Phi) is 2.89. The van der Waals surface area contributed by atoms with Crippen LogP contribution in [0.5, 0.6) is 0 Å². The number of hydrogen-bond donors (Lipinski definition) is 1. The van der Waals surface area contributed by atoms with Gasteiger partial charge < -0.3 is 5.11 Å². The fraction of sp³-hybridized carbons (Fsp3) is 0.600. The predicted octanol–water partition coefficient (Wildman–Crippen LogP) is 1.99. The molecule has 1 N–H and O–H groups in total. The van der Waals surface area contributed by atoms with E-state index in [4.69, 9.17) is 5.11 Å². The molecule has 1 heteroatoms. The average Bonchev–Trinajstić information content (AvgIpc) is 2.46. The first-order valence-electron chi connectivity index (χ1n) is 4.17. The van der Waals surface area contributed by atoms with Crippen LogP contribution in [-0.2, 0) is 0 Å². The Morgan fingerprint density at radius 2 is 2.00 bits per heavy atom. The van der Waals surface area contributed by atoms with E-state index in [-0.39, 0.29) is 0 Å². The number of aliphatic hydroxyl groups is 1. The van der Waals surface area contributed by atoms with Crippen molar-refractivity contribution in [1.29, 1.82) is 0 Å². The topological polar surface area (TPSA) is 20.2 Å². The van der Waals surface area contributed by atoms with Crippen LogP contribution < -0.4 is 0 Å². The van der Waals surface area contributed by atoms with Gasteiger partial charge >= 0.3 is 0 Å². The molecule has 1 aliphatic rings. The molecule has 3 atom stereocenters. The highest BCUT2D eigenvalue weighted by atomic mass is 16.3. The van der Waals surface area contributed by atoms with Crippen molar-refractivity contribution in [2.45, 2.75) is 12.8 Å². The van der Waals surface area contributed by atoms with Gasteiger partial charge in [-0.3, -0.25) is 0 Å².